The molecular formula is C15H20BrF2N. The fraction of sp³-hybridized carbons (Fsp3) is 0.600. The van der Waals surface area contributed by atoms with E-state index in [1.807, 2.05) is 0 Å². The van der Waals surface area contributed by atoms with Gasteiger partial charge >= 0.3 is 0 Å². The second-order valence-electron chi connectivity index (χ2n) is 5.28. The Bertz CT molecular complexity index is 436. The SMILES string of the molecule is CCCNC1CCCC1Cc1c(F)ccc(Br)c1F. The van der Waals surface area contributed by atoms with E-state index < -0.39 is 11.6 Å². The van der Waals surface area contributed by atoms with Gasteiger partial charge in [-0.1, -0.05) is 13.3 Å². The molecule has 0 radical (unpaired) electrons. The van der Waals surface area contributed by atoms with Crippen LogP contribution in [0.4, 0.5) is 8.78 Å². The lowest BCUT2D eigenvalue weighted by Crippen LogP contribution is -2.34. The van der Waals surface area contributed by atoms with E-state index in [4.69, 9.17) is 0 Å². The zero-order valence-corrected chi connectivity index (χ0v) is 12.8. The molecule has 1 nitrogen and oxygen atoms in total. The molecular weight excluding hydrogens is 312 g/mol. The van der Waals surface area contributed by atoms with Crippen LogP contribution in [0.25, 0.3) is 0 Å². The van der Waals surface area contributed by atoms with Crippen molar-refractivity contribution in [2.45, 2.75) is 45.1 Å². The molecule has 0 heterocycles. The molecule has 0 aromatic heterocycles. The summed E-state index contributed by atoms with van der Waals surface area (Å²) in [5.74, 6) is -0.534. The van der Waals surface area contributed by atoms with E-state index in [0.717, 1.165) is 32.2 Å². The number of hydrogen-bond donors (Lipinski definition) is 1. The van der Waals surface area contributed by atoms with Crippen molar-refractivity contribution in [1.82, 2.24) is 5.32 Å². The molecule has 2 unspecified atom stereocenters. The summed E-state index contributed by atoms with van der Waals surface area (Å²) in [7, 11) is 0. The molecule has 1 aromatic rings. The van der Waals surface area contributed by atoms with Crippen LogP contribution in [0.2, 0.25) is 0 Å². The molecule has 1 aromatic carbocycles. The second kappa shape index (κ2) is 6.80. The van der Waals surface area contributed by atoms with Crippen molar-refractivity contribution in [3.8, 4) is 0 Å². The zero-order valence-electron chi connectivity index (χ0n) is 11.2. The molecule has 0 amide bonds. The lowest BCUT2D eigenvalue weighted by Gasteiger charge is -2.21. The van der Waals surface area contributed by atoms with Gasteiger partial charge in [-0.25, -0.2) is 8.78 Å². The van der Waals surface area contributed by atoms with Crippen LogP contribution in [-0.2, 0) is 6.42 Å². The molecule has 2 rings (SSSR count). The van der Waals surface area contributed by atoms with Gasteiger partial charge in [-0.3, -0.25) is 0 Å². The third-order valence-electron chi connectivity index (χ3n) is 3.92. The highest BCUT2D eigenvalue weighted by Gasteiger charge is 2.28. The Kier molecular flexibility index (Phi) is 5.34. The predicted octanol–water partition coefficient (Wildman–Crippen LogP) is 4.44. The van der Waals surface area contributed by atoms with Gasteiger partial charge in [0.05, 0.1) is 4.47 Å². The van der Waals surface area contributed by atoms with Crippen molar-refractivity contribution in [2.24, 2.45) is 5.92 Å². The van der Waals surface area contributed by atoms with Crippen LogP contribution in [0.5, 0.6) is 0 Å². The average Bonchev–Trinajstić information content (AvgIpc) is 2.84. The summed E-state index contributed by atoms with van der Waals surface area (Å²) in [6.07, 6.45) is 4.87. The fourth-order valence-corrected chi connectivity index (χ4v) is 3.27. The molecule has 1 aliphatic carbocycles. The first kappa shape index (κ1) is 14.9. The first-order valence-electron chi connectivity index (χ1n) is 6.99. The first-order valence-corrected chi connectivity index (χ1v) is 7.78. The normalized spacial score (nSPS) is 22.9. The number of rotatable bonds is 5. The maximum absolute atomic E-state index is 14.0. The molecule has 1 fully saturated rings. The summed E-state index contributed by atoms with van der Waals surface area (Å²) in [6.45, 7) is 3.11. The van der Waals surface area contributed by atoms with Gasteiger partial charge in [0.1, 0.15) is 11.6 Å². The van der Waals surface area contributed by atoms with Crippen LogP contribution in [0.15, 0.2) is 16.6 Å². The number of halogens is 3. The van der Waals surface area contributed by atoms with Crippen molar-refractivity contribution in [3.05, 3.63) is 33.8 Å². The van der Waals surface area contributed by atoms with Gasteiger partial charge < -0.3 is 5.32 Å². The lowest BCUT2D eigenvalue weighted by molar-refractivity contribution is 0.387. The minimum absolute atomic E-state index is 0.226. The van der Waals surface area contributed by atoms with E-state index in [0.29, 0.717) is 22.9 Å². The first-order chi connectivity index (χ1) is 9.13. The van der Waals surface area contributed by atoms with Crippen molar-refractivity contribution >= 4 is 15.9 Å². The molecule has 1 saturated carbocycles. The monoisotopic (exact) mass is 331 g/mol. The van der Waals surface area contributed by atoms with Crippen molar-refractivity contribution in [1.29, 1.82) is 0 Å². The molecule has 1 N–H and O–H groups in total. The summed E-state index contributed by atoms with van der Waals surface area (Å²) < 4.78 is 28.1. The van der Waals surface area contributed by atoms with Crippen LogP contribution in [-0.4, -0.2) is 12.6 Å². The van der Waals surface area contributed by atoms with E-state index >= 15 is 0 Å². The lowest BCUT2D eigenvalue weighted by atomic mass is 9.94. The third-order valence-corrected chi connectivity index (χ3v) is 4.53. The van der Waals surface area contributed by atoms with Gasteiger partial charge in [-0.2, -0.15) is 0 Å². The predicted molar refractivity (Wildman–Crippen MR) is 77.2 cm³/mol. The Hall–Kier alpha value is -0.480. The van der Waals surface area contributed by atoms with Crippen molar-refractivity contribution in [2.75, 3.05) is 6.54 Å². The molecule has 0 saturated heterocycles. The minimum Gasteiger partial charge on any atom is -0.314 e. The van der Waals surface area contributed by atoms with Gasteiger partial charge in [0.25, 0.3) is 0 Å². The summed E-state index contributed by atoms with van der Waals surface area (Å²) in [6, 6.07) is 3.17. The number of benzene rings is 1. The van der Waals surface area contributed by atoms with Crippen molar-refractivity contribution in [3.63, 3.8) is 0 Å². The highest BCUT2D eigenvalue weighted by atomic mass is 79.9. The molecule has 19 heavy (non-hydrogen) atoms. The summed E-state index contributed by atoms with van der Waals surface area (Å²) in [5.41, 5.74) is 0.226. The quantitative estimate of drug-likeness (QED) is 0.786. The van der Waals surface area contributed by atoms with Crippen LogP contribution >= 0.6 is 15.9 Å². The average molecular weight is 332 g/mol. The summed E-state index contributed by atoms with van der Waals surface area (Å²) in [4.78, 5) is 0. The Morgan fingerprint density at radius 2 is 2.11 bits per heavy atom. The van der Waals surface area contributed by atoms with Gasteiger partial charge in [0.2, 0.25) is 0 Å². The fourth-order valence-electron chi connectivity index (χ4n) is 2.90. The standard InChI is InChI=1S/C15H20BrF2N/c1-2-8-19-14-5-3-4-10(14)9-11-13(17)7-6-12(16)15(11)18/h6-7,10,14,19H,2-5,8-9H2,1H3. The second-order valence-corrected chi connectivity index (χ2v) is 6.13. The molecule has 4 heteroatoms. The van der Waals surface area contributed by atoms with Crippen LogP contribution in [0, 0.1) is 17.6 Å². The molecule has 0 aliphatic heterocycles. The summed E-state index contributed by atoms with van der Waals surface area (Å²) >= 11 is 3.13. The highest BCUT2D eigenvalue weighted by molar-refractivity contribution is 9.10. The Balaban J connectivity index is 2.10. The Morgan fingerprint density at radius 3 is 2.84 bits per heavy atom. The van der Waals surface area contributed by atoms with Crippen LogP contribution in [0.1, 0.15) is 38.2 Å². The van der Waals surface area contributed by atoms with E-state index in [2.05, 4.69) is 28.2 Å². The Labute approximate surface area is 121 Å². The van der Waals surface area contributed by atoms with E-state index in [-0.39, 0.29) is 5.56 Å². The third kappa shape index (κ3) is 3.54. The van der Waals surface area contributed by atoms with Gasteiger partial charge in [0, 0.05) is 11.6 Å². The molecule has 106 valence electrons. The molecule has 2 atom stereocenters. The maximum atomic E-state index is 14.0. The van der Waals surface area contributed by atoms with Gasteiger partial charge in [0.15, 0.2) is 0 Å². The van der Waals surface area contributed by atoms with Crippen LogP contribution in [0.3, 0.4) is 0 Å². The zero-order chi connectivity index (χ0) is 13.8. The molecule has 0 spiro atoms. The van der Waals surface area contributed by atoms with Gasteiger partial charge in [-0.05, 0) is 66.2 Å². The van der Waals surface area contributed by atoms with E-state index in [9.17, 15) is 8.78 Å². The Morgan fingerprint density at radius 1 is 1.32 bits per heavy atom. The van der Waals surface area contributed by atoms with E-state index in [1.165, 1.54) is 12.1 Å². The smallest absolute Gasteiger partial charge is 0.143 e. The number of hydrogen-bond acceptors (Lipinski definition) is 1. The van der Waals surface area contributed by atoms with E-state index in [1.54, 1.807) is 0 Å². The number of nitrogens with one attached hydrogen (secondary N) is 1. The van der Waals surface area contributed by atoms with Crippen LogP contribution < -0.4 is 5.32 Å². The topological polar surface area (TPSA) is 12.0 Å². The largest absolute Gasteiger partial charge is 0.314 e. The van der Waals surface area contributed by atoms with Crippen molar-refractivity contribution < 1.29 is 8.78 Å². The summed E-state index contributed by atoms with van der Waals surface area (Å²) in [5, 5.41) is 3.50. The molecule has 0 bridgehead atoms. The maximum Gasteiger partial charge on any atom is 0.143 e. The van der Waals surface area contributed by atoms with Gasteiger partial charge in [-0.15, -0.1) is 0 Å². The minimum atomic E-state index is -0.443. The highest BCUT2D eigenvalue weighted by Crippen LogP contribution is 2.32. The molecule has 1 aliphatic rings.